The topological polar surface area (TPSA) is 55.2 Å². The summed E-state index contributed by atoms with van der Waals surface area (Å²) in [5, 5.41) is 14.5. The average Bonchev–Trinajstić information content (AvgIpc) is 2.90. The first-order chi connectivity index (χ1) is 18.3. The number of halogens is 1. The number of anilines is 2. The first kappa shape index (κ1) is 10.2. The zero-order chi connectivity index (χ0) is 28.9. The van der Waals surface area contributed by atoms with Crippen molar-refractivity contribution < 1.29 is 18.6 Å². The molecule has 0 saturated carbocycles. The van der Waals surface area contributed by atoms with Gasteiger partial charge in [-0.15, -0.1) is 0 Å². The Labute approximate surface area is 187 Å². The Balaban J connectivity index is 2.21. The maximum atomic E-state index is 11.7. The lowest BCUT2D eigenvalue weighted by Gasteiger charge is -2.18. The van der Waals surface area contributed by atoms with Crippen LogP contribution in [0, 0.1) is 10.1 Å². The molecule has 29 heavy (non-hydrogen) atoms. The van der Waals surface area contributed by atoms with Crippen molar-refractivity contribution in [2.24, 2.45) is 0 Å². The largest absolute Gasteiger partial charge is 0.349 e. The number of nitro benzene ring substituents is 1. The van der Waals surface area contributed by atoms with Crippen LogP contribution in [0.15, 0.2) is 96.8 Å². The molecule has 0 fully saturated rings. The number of rotatable bonds is 5. The van der Waals surface area contributed by atoms with Crippen LogP contribution in [-0.2, 0) is 0 Å². The summed E-state index contributed by atoms with van der Waals surface area (Å²) in [6, 6.07) is 1.79. The van der Waals surface area contributed by atoms with E-state index >= 15 is 0 Å². The molecule has 4 rings (SSSR count). The van der Waals surface area contributed by atoms with E-state index in [2.05, 4.69) is 5.32 Å². The van der Waals surface area contributed by atoms with Gasteiger partial charge in [0.15, 0.2) is 0 Å². The van der Waals surface area contributed by atoms with Gasteiger partial charge in [0.05, 0.1) is 24.3 Å². The molecular weight excluding hydrogens is 384 g/mol. The van der Waals surface area contributed by atoms with E-state index in [4.69, 9.17) is 25.3 Å². The molecule has 0 saturated heterocycles. The second-order valence-corrected chi connectivity index (χ2v) is 6.21. The van der Waals surface area contributed by atoms with Crippen molar-refractivity contribution in [2.45, 2.75) is 0 Å². The smallest absolute Gasteiger partial charge is 0.292 e. The molecule has 0 unspecified atom stereocenters. The summed E-state index contributed by atoms with van der Waals surface area (Å²) in [6.45, 7) is 0. The predicted octanol–water partition coefficient (Wildman–Crippen LogP) is 7.33. The van der Waals surface area contributed by atoms with E-state index in [1.807, 2.05) is 0 Å². The molecule has 1 N–H and O–H groups in total. The highest BCUT2D eigenvalue weighted by atomic mass is 35.5. The Morgan fingerprint density at radius 2 is 1.38 bits per heavy atom. The van der Waals surface area contributed by atoms with Gasteiger partial charge in [0.1, 0.15) is 5.69 Å². The van der Waals surface area contributed by atoms with Crippen LogP contribution in [0.2, 0.25) is 5.02 Å². The van der Waals surface area contributed by atoms with Crippen molar-refractivity contribution in [3.05, 3.63) is 112 Å². The lowest BCUT2D eigenvalue weighted by atomic mass is 9.95. The van der Waals surface area contributed by atoms with Crippen molar-refractivity contribution in [3.63, 3.8) is 0 Å². The minimum Gasteiger partial charge on any atom is -0.349 e. The molecule has 5 heteroatoms. The van der Waals surface area contributed by atoms with Crippen LogP contribution < -0.4 is 5.32 Å². The van der Waals surface area contributed by atoms with E-state index in [-0.39, 0.29) is 44.3 Å². The lowest BCUT2D eigenvalue weighted by Crippen LogP contribution is -2.00. The van der Waals surface area contributed by atoms with Gasteiger partial charge in [-0.2, -0.15) is 0 Å². The number of hydrogen-bond donors (Lipinski definition) is 1. The van der Waals surface area contributed by atoms with Crippen molar-refractivity contribution in [1.82, 2.24) is 0 Å². The molecule has 4 aromatic carbocycles. The van der Waals surface area contributed by atoms with Gasteiger partial charge in [0.2, 0.25) is 0 Å². The van der Waals surface area contributed by atoms with Gasteiger partial charge in [-0.3, -0.25) is 10.1 Å². The van der Waals surface area contributed by atoms with Gasteiger partial charge < -0.3 is 5.32 Å². The van der Waals surface area contributed by atoms with E-state index in [1.54, 1.807) is 0 Å². The van der Waals surface area contributed by atoms with Crippen molar-refractivity contribution in [2.75, 3.05) is 5.32 Å². The van der Waals surface area contributed by atoms with Crippen LogP contribution >= 0.6 is 11.6 Å². The number of nitrogens with one attached hydrogen (secondary N) is 1. The molecule has 0 aromatic heterocycles. The fourth-order valence-electron chi connectivity index (χ4n) is 2.78. The van der Waals surface area contributed by atoms with E-state index < -0.39 is 65.3 Å². The summed E-state index contributed by atoms with van der Waals surface area (Å²) in [7, 11) is 0. The normalized spacial score (nSPS) is 15.3. The van der Waals surface area contributed by atoms with Gasteiger partial charge in [0, 0.05) is 22.2 Å². The molecule has 4 nitrogen and oxygen atoms in total. The standard InChI is InChI=1S/C24H17ClN2O2/c25-19-15-20(17-9-3-1-4-10-17)24(21(16-19)18-11-5-2-6-12-18)26-22-13-7-8-14-23(22)27(28)29/h1-16,26H/i1D,2D,3D,4D,5D,6D,9D,10D,11D,12D. The monoisotopic (exact) mass is 410 g/mol. The fraction of sp³-hybridized carbons (Fsp3) is 0. The third-order valence-electron chi connectivity index (χ3n) is 4.00. The summed E-state index contributed by atoms with van der Waals surface area (Å²) < 4.78 is 82.2. The maximum absolute atomic E-state index is 11.7. The molecule has 4 aromatic rings. The maximum Gasteiger partial charge on any atom is 0.292 e. The zero-order valence-electron chi connectivity index (χ0n) is 24.6. The zero-order valence-corrected chi connectivity index (χ0v) is 15.4. The van der Waals surface area contributed by atoms with E-state index in [0.717, 1.165) is 0 Å². The third-order valence-corrected chi connectivity index (χ3v) is 4.22. The van der Waals surface area contributed by atoms with Crippen LogP contribution in [0.25, 0.3) is 22.3 Å². The van der Waals surface area contributed by atoms with Gasteiger partial charge >= 0.3 is 0 Å². The minimum absolute atomic E-state index is 0.0493. The van der Waals surface area contributed by atoms with E-state index in [9.17, 15) is 10.1 Å². The van der Waals surface area contributed by atoms with Gasteiger partial charge in [-0.25, -0.2) is 0 Å². The summed E-state index contributed by atoms with van der Waals surface area (Å²) in [5.74, 6) is 0. The molecule has 0 radical (unpaired) electrons. The Kier molecular flexibility index (Phi) is 2.88. The van der Waals surface area contributed by atoms with Gasteiger partial charge in [0.25, 0.3) is 5.69 Å². The number of benzene rings is 4. The van der Waals surface area contributed by atoms with Crippen molar-refractivity contribution >= 4 is 28.7 Å². The molecule has 0 amide bonds. The quantitative estimate of drug-likeness (QED) is 0.277. The number of nitrogens with zero attached hydrogens (tertiary/aromatic N) is 1. The Morgan fingerprint density at radius 1 is 0.862 bits per heavy atom. The Bertz CT molecular complexity index is 1550. The molecule has 0 aliphatic carbocycles. The fourth-order valence-corrected chi connectivity index (χ4v) is 3.00. The first-order valence-corrected chi connectivity index (χ1v) is 8.64. The Hall–Kier alpha value is -3.63. The van der Waals surface area contributed by atoms with Crippen LogP contribution in [0.5, 0.6) is 0 Å². The second-order valence-electron chi connectivity index (χ2n) is 5.78. The first-order valence-electron chi connectivity index (χ1n) is 13.3. The van der Waals surface area contributed by atoms with Gasteiger partial charge in [-0.1, -0.05) is 84.2 Å². The number of hydrogen-bond acceptors (Lipinski definition) is 3. The second kappa shape index (κ2) is 8.17. The van der Waals surface area contributed by atoms with Gasteiger partial charge in [-0.05, 0) is 29.3 Å². The molecule has 0 aliphatic rings. The highest BCUT2D eigenvalue weighted by molar-refractivity contribution is 6.31. The number of nitro groups is 1. The van der Waals surface area contributed by atoms with Crippen molar-refractivity contribution in [3.8, 4) is 22.3 Å². The molecule has 0 aliphatic heterocycles. The van der Waals surface area contributed by atoms with Crippen LogP contribution in [0.4, 0.5) is 17.1 Å². The summed E-state index contributed by atoms with van der Waals surface area (Å²) in [5.41, 5.74) is -1.36. The highest BCUT2D eigenvalue weighted by Crippen LogP contribution is 2.42. The van der Waals surface area contributed by atoms with Crippen LogP contribution in [0.3, 0.4) is 0 Å². The Morgan fingerprint density at radius 3 is 1.90 bits per heavy atom. The highest BCUT2D eigenvalue weighted by Gasteiger charge is 2.18. The molecule has 142 valence electrons. The SMILES string of the molecule is [2H]c1c([2H])c([2H])c(-c2cc(Cl)cc(-c3c([2H])c([2H])c([2H])c([2H])c3[2H])c2Nc2ccccc2[N+](=O)[O-])c([2H])c1[2H]. The summed E-state index contributed by atoms with van der Waals surface area (Å²) in [6.07, 6.45) is 0. The third kappa shape index (κ3) is 3.98. The van der Waals surface area contributed by atoms with Crippen molar-refractivity contribution in [1.29, 1.82) is 0 Å². The lowest BCUT2D eigenvalue weighted by molar-refractivity contribution is -0.383. The summed E-state index contributed by atoms with van der Waals surface area (Å²) >= 11 is 6.40. The predicted molar refractivity (Wildman–Crippen MR) is 119 cm³/mol. The molecular formula is C24H17ClN2O2. The van der Waals surface area contributed by atoms with Crippen LogP contribution in [-0.4, -0.2) is 4.92 Å². The number of para-hydroxylation sites is 2. The molecule has 0 heterocycles. The van der Waals surface area contributed by atoms with E-state index in [1.165, 1.54) is 36.4 Å². The molecule has 0 atom stereocenters. The molecule has 0 spiro atoms. The van der Waals surface area contributed by atoms with E-state index in [0.29, 0.717) is 0 Å². The van der Waals surface area contributed by atoms with Crippen LogP contribution in [0.1, 0.15) is 13.7 Å². The summed E-state index contributed by atoms with van der Waals surface area (Å²) in [4.78, 5) is 11.1. The average molecular weight is 411 g/mol. The minimum atomic E-state index is -0.660. The molecule has 0 bridgehead atoms.